The van der Waals surface area contributed by atoms with Crippen LogP contribution in [0.2, 0.25) is 0 Å². The van der Waals surface area contributed by atoms with Crippen molar-refractivity contribution in [3.63, 3.8) is 0 Å². The van der Waals surface area contributed by atoms with Gasteiger partial charge < -0.3 is 5.32 Å². The molecule has 0 spiro atoms. The van der Waals surface area contributed by atoms with Crippen LogP contribution in [0.1, 0.15) is 57.8 Å². The lowest BCUT2D eigenvalue weighted by atomic mass is 10.0. The Hall–Kier alpha value is -2.58. The number of fused-ring (bicyclic) bond motifs is 1. The van der Waals surface area contributed by atoms with Crippen molar-refractivity contribution in [3.05, 3.63) is 63.1 Å². The Morgan fingerprint density at radius 2 is 2.21 bits per heavy atom. The fourth-order valence-corrected chi connectivity index (χ4v) is 4.85. The molecule has 0 aliphatic carbocycles. The first-order valence-corrected chi connectivity index (χ1v) is 10.8. The minimum Gasteiger partial charge on any atom is -0.342 e. The molecule has 3 aromatic heterocycles. The van der Waals surface area contributed by atoms with E-state index in [0.29, 0.717) is 0 Å². The van der Waals surface area contributed by atoms with Crippen molar-refractivity contribution in [3.8, 4) is 0 Å². The van der Waals surface area contributed by atoms with E-state index in [1.165, 1.54) is 22.3 Å². The van der Waals surface area contributed by atoms with Crippen molar-refractivity contribution in [1.82, 2.24) is 30.0 Å². The lowest BCUT2D eigenvalue weighted by Crippen LogP contribution is -2.32. The number of hydrogen-bond donors (Lipinski definition) is 1. The molecular weight excluding hydrogens is 384 g/mol. The van der Waals surface area contributed by atoms with Gasteiger partial charge in [-0.2, -0.15) is 5.10 Å². The molecule has 1 amide bonds. The fraction of sp³-hybridized carbons (Fsp3) is 0.429. The number of carbonyl (C=O) groups is 1. The predicted molar refractivity (Wildman–Crippen MR) is 113 cm³/mol. The highest BCUT2D eigenvalue weighted by molar-refractivity contribution is 7.10. The first-order chi connectivity index (χ1) is 14.0. The van der Waals surface area contributed by atoms with E-state index in [1.807, 2.05) is 25.5 Å². The monoisotopic (exact) mass is 410 g/mol. The van der Waals surface area contributed by atoms with Crippen molar-refractivity contribution in [2.24, 2.45) is 7.05 Å². The van der Waals surface area contributed by atoms with Crippen molar-refractivity contribution in [2.45, 2.75) is 45.8 Å². The molecule has 1 aliphatic rings. The van der Waals surface area contributed by atoms with Gasteiger partial charge in [-0.25, -0.2) is 4.98 Å². The number of hydrogen-bond acceptors (Lipinski definition) is 6. The average molecular weight is 411 g/mol. The summed E-state index contributed by atoms with van der Waals surface area (Å²) in [5.41, 5.74) is 4.34. The van der Waals surface area contributed by atoms with Gasteiger partial charge in [-0.15, -0.1) is 11.3 Å². The molecule has 4 heterocycles. The van der Waals surface area contributed by atoms with Gasteiger partial charge in [0.05, 0.1) is 17.3 Å². The van der Waals surface area contributed by atoms with Crippen LogP contribution in [0.4, 0.5) is 0 Å². The highest BCUT2D eigenvalue weighted by Crippen LogP contribution is 2.29. The molecule has 1 unspecified atom stereocenters. The largest absolute Gasteiger partial charge is 0.342 e. The maximum atomic E-state index is 12.8. The molecule has 3 aromatic rings. The van der Waals surface area contributed by atoms with Crippen LogP contribution in [-0.4, -0.2) is 37.1 Å². The Kier molecular flexibility index (Phi) is 5.73. The van der Waals surface area contributed by atoms with E-state index in [1.54, 1.807) is 16.0 Å². The molecule has 1 aliphatic heterocycles. The van der Waals surface area contributed by atoms with Gasteiger partial charge in [0.15, 0.2) is 0 Å². The molecule has 0 bridgehead atoms. The SMILES string of the molecule is CCc1ccc(CN2CCc3c(C(=O)NC(C)c4ncnn4C)csc3C2)nc1. The average Bonchev–Trinajstić information content (AvgIpc) is 3.34. The minimum atomic E-state index is -0.192. The van der Waals surface area contributed by atoms with Crippen LogP contribution in [0.15, 0.2) is 30.0 Å². The van der Waals surface area contributed by atoms with Crippen LogP contribution in [0, 0.1) is 0 Å². The number of amides is 1. The van der Waals surface area contributed by atoms with Crippen molar-refractivity contribution in [1.29, 1.82) is 0 Å². The number of carbonyl (C=O) groups excluding carboxylic acids is 1. The van der Waals surface area contributed by atoms with Crippen molar-refractivity contribution >= 4 is 17.2 Å². The summed E-state index contributed by atoms with van der Waals surface area (Å²) in [7, 11) is 1.83. The van der Waals surface area contributed by atoms with Crippen molar-refractivity contribution in [2.75, 3.05) is 6.54 Å². The molecule has 0 saturated carbocycles. The molecular formula is C21H26N6OS. The summed E-state index contributed by atoms with van der Waals surface area (Å²) in [6, 6.07) is 4.09. The van der Waals surface area contributed by atoms with Crippen LogP contribution in [0.25, 0.3) is 0 Å². The van der Waals surface area contributed by atoms with E-state index in [0.717, 1.165) is 49.6 Å². The third kappa shape index (κ3) is 4.23. The van der Waals surface area contributed by atoms with Crippen molar-refractivity contribution < 1.29 is 4.79 Å². The van der Waals surface area contributed by atoms with Gasteiger partial charge in [0, 0.05) is 43.1 Å². The number of aromatic nitrogens is 4. The molecule has 0 radical (unpaired) electrons. The van der Waals surface area contributed by atoms with Crippen LogP contribution in [0.3, 0.4) is 0 Å². The summed E-state index contributed by atoms with van der Waals surface area (Å²) in [6.45, 7) is 6.70. The van der Waals surface area contributed by atoms with Gasteiger partial charge in [0.25, 0.3) is 5.91 Å². The normalized spacial score (nSPS) is 15.1. The summed E-state index contributed by atoms with van der Waals surface area (Å²) < 4.78 is 1.69. The number of rotatable bonds is 6. The molecule has 8 heteroatoms. The summed E-state index contributed by atoms with van der Waals surface area (Å²) in [5.74, 6) is 0.707. The molecule has 7 nitrogen and oxygen atoms in total. The summed E-state index contributed by atoms with van der Waals surface area (Å²) in [5, 5.41) is 9.12. The Bertz CT molecular complexity index is 993. The molecule has 1 N–H and O–H groups in total. The number of nitrogens with one attached hydrogen (secondary N) is 1. The van der Waals surface area contributed by atoms with E-state index >= 15 is 0 Å². The number of nitrogens with zero attached hydrogens (tertiary/aromatic N) is 5. The molecule has 29 heavy (non-hydrogen) atoms. The predicted octanol–water partition coefficient (Wildman–Crippen LogP) is 2.88. The second kappa shape index (κ2) is 8.42. The third-order valence-electron chi connectivity index (χ3n) is 5.43. The van der Waals surface area contributed by atoms with Gasteiger partial charge in [0.2, 0.25) is 0 Å². The van der Waals surface area contributed by atoms with Crippen LogP contribution < -0.4 is 5.32 Å². The highest BCUT2D eigenvalue weighted by atomic mass is 32.1. The summed E-state index contributed by atoms with van der Waals surface area (Å²) in [4.78, 5) is 25.3. The first kappa shape index (κ1) is 19.7. The van der Waals surface area contributed by atoms with Gasteiger partial charge in [0.1, 0.15) is 12.2 Å². The van der Waals surface area contributed by atoms with Crippen LogP contribution in [-0.2, 0) is 33.0 Å². The Labute approximate surface area is 174 Å². The zero-order valence-electron chi connectivity index (χ0n) is 17.1. The maximum Gasteiger partial charge on any atom is 0.252 e. The summed E-state index contributed by atoms with van der Waals surface area (Å²) >= 11 is 1.67. The first-order valence-electron chi connectivity index (χ1n) is 9.95. The Balaban J connectivity index is 1.41. The molecule has 0 fully saturated rings. The maximum absolute atomic E-state index is 12.8. The highest BCUT2D eigenvalue weighted by Gasteiger charge is 2.25. The van der Waals surface area contributed by atoms with Crippen LogP contribution in [0.5, 0.6) is 0 Å². The number of pyridine rings is 1. The molecule has 1 atom stereocenters. The zero-order chi connectivity index (χ0) is 20.4. The summed E-state index contributed by atoms with van der Waals surface area (Å²) in [6.07, 6.45) is 5.36. The standard InChI is InChI=1S/C21H26N6OS/c1-4-15-5-6-16(22-9-15)10-27-8-7-17-18(12-29-19(17)11-27)21(28)25-14(2)20-23-13-24-26(20)3/h5-6,9,12-14H,4,7-8,10-11H2,1-3H3,(H,25,28). The minimum absolute atomic E-state index is 0.0386. The van der Waals surface area contributed by atoms with E-state index in [-0.39, 0.29) is 11.9 Å². The van der Waals surface area contributed by atoms with Gasteiger partial charge in [-0.05, 0) is 37.0 Å². The molecule has 0 saturated heterocycles. The molecule has 0 aromatic carbocycles. The van der Waals surface area contributed by atoms with E-state index in [9.17, 15) is 4.79 Å². The lowest BCUT2D eigenvalue weighted by Gasteiger charge is -2.27. The van der Waals surface area contributed by atoms with Gasteiger partial charge in [-0.3, -0.25) is 19.4 Å². The molecule has 152 valence electrons. The Morgan fingerprint density at radius 3 is 2.90 bits per heavy atom. The van der Waals surface area contributed by atoms with E-state index in [2.05, 4.69) is 44.3 Å². The lowest BCUT2D eigenvalue weighted by molar-refractivity contribution is 0.0936. The smallest absolute Gasteiger partial charge is 0.252 e. The van der Waals surface area contributed by atoms with Gasteiger partial charge in [-0.1, -0.05) is 13.0 Å². The second-order valence-electron chi connectivity index (χ2n) is 7.46. The topological polar surface area (TPSA) is 75.9 Å². The Morgan fingerprint density at radius 1 is 1.34 bits per heavy atom. The number of aryl methyl sites for hydroxylation is 2. The third-order valence-corrected chi connectivity index (χ3v) is 6.45. The fourth-order valence-electron chi connectivity index (χ4n) is 3.73. The van der Waals surface area contributed by atoms with Gasteiger partial charge >= 0.3 is 0 Å². The van der Waals surface area contributed by atoms with Crippen LogP contribution >= 0.6 is 11.3 Å². The van der Waals surface area contributed by atoms with E-state index in [4.69, 9.17) is 0 Å². The number of thiophene rings is 1. The second-order valence-corrected chi connectivity index (χ2v) is 8.42. The zero-order valence-corrected chi connectivity index (χ0v) is 17.9. The van der Waals surface area contributed by atoms with E-state index < -0.39 is 0 Å². The molecule has 4 rings (SSSR count). The quantitative estimate of drug-likeness (QED) is 0.676.